The largest absolute Gasteiger partial charge is 0.493 e. The molecule has 0 saturated heterocycles. The van der Waals surface area contributed by atoms with E-state index < -0.39 is 0 Å². The van der Waals surface area contributed by atoms with Crippen molar-refractivity contribution in [3.63, 3.8) is 0 Å². The van der Waals surface area contributed by atoms with Crippen LogP contribution in [0.15, 0.2) is 33.2 Å². The van der Waals surface area contributed by atoms with Crippen molar-refractivity contribution in [2.75, 3.05) is 11.9 Å². The van der Waals surface area contributed by atoms with Gasteiger partial charge in [0.1, 0.15) is 11.6 Å². The summed E-state index contributed by atoms with van der Waals surface area (Å²) in [6.07, 6.45) is 0.919. The minimum absolute atomic E-state index is 0.342. The topological polar surface area (TPSA) is 21.3 Å². The van der Waals surface area contributed by atoms with Gasteiger partial charge in [0, 0.05) is 27.5 Å². The second kappa shape index (κ2) is 6.15. The van der Waals surface area contributed by atoms with Crippen molar-refractivity contribution in [1.82, 2.24) is 0 Å². The second-order valence-corrected chi connectivity index (χ2v) is 6.93. The van der Waals surface area contributed by atoms with E-state index in [4.69, 9.17) is 16.3 Å². The lowest BCUT2D eigenvalue weighted by Crippen LogP contribution is -2.03. The summed E-state index contributed by atoms with van der Waals surface area (Å²) in [6, 6.07) is 6.77. The molecule has 1 aliphatic rings. The lowest BCUT2D eigenvalue weighted by Gasteiger charge is -2.13. The first-order valence-electron chi connectivity index (χ1n) is 6.37. The minimum atomic E-state index is -0.371. The van der Waals surface area contributed by atoms with Gasteiger partial charge in [-0.2, -0.15) is 0 Å². The number of benzene rings is 2. The lowest BCUT2D eigenvalue weighted by molar-refractivity contribution is 0.354. The zero-order chi connectivity index (χ0) is 15.0. The number of rotatable bonds is 3. The van der Waals surface area contributed by atoms with E-state index in [1.165, 1.54) is 17.7 Å². The van der Waals surface area contributed by atoms with Gasteiger partial charge in [-0.3, -0.25) is 0 Å². The van der Waals surface area contributed by atoms with Gasteiger partial charge in [-0.05, 0) is 45.8 Å². The Morgan fingerprint density at radius 2 is 2.05 bits per heavy atom. The summed E-state index contributed by atoms with van der Waals surface area (Å²) in [5.41, 5.74) is 2.92. The first kappa shape index (κ1) is 15.1. The van der Waals surface area contributed by atoms with Gasteiger partial charge in [0.05, 0.1) is 17.3 Å². The fourth-order valence-electron chi connectivity index (χ4n) is 2.37. The van der Waals surface area contributed by atoms with E-state index in [9.17, 15) is 4.39 Å². The molecular weight excluding hydrogens is 424 g/mol. The van der Waals surface area contributed by atoms with Crippen LogP contribution < -0.4 is 10.1 Å². The molecule has 2 aromatic rings. The zero-order valence-corrected chi connectivity index (χ0v) is 14.8. The molecule has 2 aromatic carbocycles. The quantitative estimate of drug-likeness (QED) is 0.683. The van der Waals surface area contributed by atoms with E-state index in [2.05, 4.69) is 43.2 Å². The number of fused-ring (bicyclic) bond motifs is 1. The average Bonchev–Trinajstić information content (AvgIpc) is 2.85. The highest BCUT2D eigenvalue weighted by atomic mass is 79.9. The second-order valence-electron chi connectivity index (χ2n) is 4.75. The number of hydrogen-bond acceptors (Lipinski definition) is 2. The normalized spacial score (nSPS) is 13.0. The molecule has 1 aliphatic heterocycles. The van der Waals surface area contributed by atoms with Crippen LogP contribution in [0.2, 0.25) is 5.02 Å². The molecule has 1 heterocycles. The van der Waals surface area contributed by atoms with Gasteiger partial charge in [-0.15, -0.1) is 0 Å². The summed E-state index contributed by atoms with van der Waals surface area (Å²) >= 11 is 12.9. The smallest absolute Gasteiger partial charge is 0.127 e. The molecule has 1 N–H and O–H groups in total. The highest BCUT2D eigenvalue weighted by Crippen LogP contribution is 2.36. The molecule has 0 radical (unpaired) electrons. The molecule has 0 saturated carbocycles. The Hall–Kier alpha value is -0.780. The fraction of sp³-hybridized carbons (Fsp3) is 0.200. The maximum absolute atomic E-state index is 13.2. The zero-order valence-electron chi connectivity index (χ0n) is 10.9. The Bertz CT molecular complexity index is 685. The van der Waals surface area contributed by atoms with Gasteiger partial charge >= 0.3 is 0 Å². The van der Waals surface area contributed by atoms with Crippen molar-refractivity contribution in [3.05, 3.63) is 55.2 Å². The van der Waals surface area contributed by atoms with Crippen molar-refractivity contribution in [1.29, 1.82) is 0 Å². The van der Waals surface area contributed by atoms with Crippen LogP contribution in [0.4, 0.5) is 10.1 Å². The fourth-order valence-corrected chi connectivity index (χ4v) is 3.88. The molecule has 0 amide bonds. The Balaban J connectivity index is 1.86. The molecule has 0 aliphatic carbocycles. The first-order valence-corrected chi connectivity index (χ1v) is 8.33. The van der Waals surface area contributed by atoms with Gasteiger partial charge in [0.2, 0.25) is 0 Å². The maximum Gasteiger partial charge on any atom is 0.127 e. The highest BCUT2D eigenvalue weighted by Gasteiger charge is 2.18. The molecular formula is C15H11Br2ClFNO. The summed E-state index contributed by atoms with van der Waals surface area (Å²) in [5.74, 6) is 0.559. The van der Waals surface area contributed by atoms with Gasteiger partial charge < -0.3 is 10.1 Å². The SMILES string of the molecule is Fc1cc(Cl)c(NCc2cc(Br)cc3c2OCC3)c(Br)c1. The van der Waals surface area contributed by atoms with Crippen LogP contribution in [0, 0.1) is 5.82 Å². The van der Waals surface area contributed by atoms with Crippen molar-refractivity contribution < 1.29 is 9.13 Å². The van der Waals surface area contributed by atoms with Crippen LogP contribution in [0.25, 0.3) is 0 Å². The standard InChI is InChI=1S/C15H11Br2ClFNO/c16-10-3-8-1-2-21-15(8)9(4-10)7-20-14-12(17)5-11(19)6-13(14)18/h3-6,20H,1-2,7H2. The van der Waals surface area contributed by atoms with Crippen LogP contribution in [-0.4, -0.2) is 6.61 Å². The van der Waals surface area contributed by atoms with Gasteiger partial charge in [-0.25, -0.2) is 4.39 Å². The molecule has 0 aromatic heterocycles. The van der Waals surface area contributed by atoms with Crippen LogP contribution in [0.1, 0.15) is 11.1 Å². The number of ether oxygens (including phenoxy) is 1. The Kier molecular flexibility index (Phi) is 4.43. The molecule has 0 unspecified atom stereocenters. The summed E-state index contributed by atoms with van der Waals surface area (Å²) in [5, 5.41) is 3.58. The third kappa shape index (κ3) is 3.20. The average molecular weight is 436 g/mol. The molecule has 6 heteroatoms. The van der Waals surface area contributed by atoms with Crippen LogP contribution in [0.5, 0.6) is 5.75 Å². The summed E-state index contributed by atoms with van der Waals surface area (Å²) in [7, 11) is 0. The lowest BCUT2D eigenvalue weighted by atomic mass is 10.1. The van der Waals surface area contributed by atoms with Gasteiger partial charge in [0.25, 0.3) is 0 Å². The van der Waals surface area contributed by atoms with E-state index in [0.29, 0.717) is 28.3 Å². The number of halogens is 4. The first-order chi connectivity index (χ1) is 10.0. The molecule has 110 valence electrons. The summed E-state index contributed by atoms with van der Waals surface area (Å²) < 4.78 is 20.5. The number of hydrogen-bond donors (Lipinski definition) is 1. The van der Waals surface area contributed by atoms with E-state index in [1.807, 2.05) is 6.07 Å². The monoisotopic (exact) mass is 433 g/mol. The Labute approximate surface area is 143 Å². The maximum atomic E-state index is 13.2. The van der Waals surface area contributed by atoms with Crippen molar-refractivity contribution >= 4 is 49.1 Å². The molecule has 21 heavy (non-hydrogen) atoms. The van der Waals surface area contributed by atoms with E-state index in [0.717, 1.165) is 22.2 Å². The third-order valence-electron chi connectivity index (χ3n) is 3.29. The predicted octanol–water partition coefficient (Wildman–Crippen LogP) is 5.55. The molecule has 3 rings (SSSR count). The Morgan fingerprint density at radius 1 is 1.24 bits per heavy atom. The number of nitrogens with one attached hydrogen (secondary N) is 1. The van der Waals surface area contributed by atoms with E-state index in [1.54, 1.807) is 0 Å². The van der Waals surface area contributed by atoms with Crippen LogP contribution >= 0.6 is 43.5 Å². The Morgan fingerprint density at radius 3 is 2.81 bits per heavy atom. The van der Waals surface area contributed by atoms with Crippen LogP contribution in [0.3, 0.4) is 0 Å². The van der Waals surface area contributed by atoms with Crippen LogP contribution in [-0.2, 0) is 13.0 Å². The molecule has 2 nitrogen and oxygen atoms in total. The van der Waals surface area contributed by atoms with E-state index >= 15 is 0 Å². The summed E-state index contributed by atoms with van der Waals surface area (Å²) in [4.78, 5) is 0. The van der Waals surface area contributed by atoms with Gasteiger partial charge in [0.15, 0.2) is 0 Å². The molecule has 0 atom stereocenters. The van der Waals surface area contributed by atoms with Crippen molar-refractivity contribution in [2.24, 2.45) is 0 Å². The molecule has 0 bridgehead atoms. The van der Waals surface area contributed by atoms with Crippen molar-refractivity contribution in [2.45, 2.75) is 13.0 Å². The molecule has 0 fully saturated rings. The van der Waals surface area contributed by atoms with E-state index in [-0.39, 0.29) is 5.82 Å². The minimum Gasteiger partial charge on any atom is -0.493 e. The van der Waals surface area contributed by atoms with Crippen molar-refractivity contribution in [3.8, 4) is 5.75 Å². The molecule has 0 spiro atoms. The summed E-state index contributed by atoms with van der Waals surface area (Å²) in [6.45, 7) is 1.26. The van der Waals surface area contributed by atoms with Gasteiger partial charge in [-0.1, -0.05) is 27.5 Å². The number of anilines is 1. The highest BCUT2D eigenvalue weighted by molar-refractivity contribution is 9.10. The third-order valence-corrected chi connectivity index (χ3v) is 4.67. The predicted molar refractivity (Wildman–Crippen MR) is 89.8 cm³/mol.